The van der Waals surface area contributed by atoms with E-state index in [4.69, 9.17) is 5.11 Å². The van der Waals surface area contributed by atoms with Gasteiger partial charge in [0.25, 0.3) is 0 Å². The van der Waals surface area contributed by atoms with Gasteiger partial charge in [0.15, 0.2) is 0 Å². The van der Waals surface area contributed by atoms with Gasteiger partial charge in [0.2, 0.25) is 0 Å². The molecule has 1 rings (SSSR count). The average Bonchev–Trinajstić information content (AvgIpc) is 2.15. The highest BCUT2D eigenvalue weighted by Crippen LogP contribution is 2.10. The summed E-state index contributed by atoms with van der Waals surface area (Å²) in [5.74, 6) is -0.935. The first-order valence-corrected chi connectivity index (χ1v) is 3.91. The predicted octanol–water partition coefficient (Wildman–Crippen LogP) is 1.83. The maximum atomic E-state index is 10.2. The molecule has 68 valence electrons. The van der Waals surface area contributed by atoms with Gasteiger partial charge in [-0.1, -0.05) is 12.1 Å². The van der Waals surface area contributed by atoms with Gasteiger partial charge in [0, 0.05) is 18.8 Å². The minimum atomic E-state index is -0.935. The largest absolute Gasteiger partial charge is 0.478 e. The lowest BCUT2D eigenvalue weighted by atomic mass is 10.2. The molecule has 0 aliphatic carbocycles. The summed E-state index contributed by atoms with van der Waals surface area (Å²) in [7, 11) is 1.82. The summed E-state index contributed by atoms with van der Waals surface area (Å²) in [4.78, 5) is 10.2. The van der Waals surface area contributed by atoms with Crippen molar-refractivity contribution < 1.29 is 9.90 Å². The van der Waals surface area contributed by atoms with Gasteiger partial charge in [-0.25, -0.2) is 4.79 Å². The molecule has 1 aromatic rings. The third-order valence-corrected chi connectivity index (χ3v) is 1.59. The van der Waals surface area contributed by atoms with Crippen LogP contribution < -0.4 is 5.32 Å². The van der Waals surface area contributed by atoms with Gasteiger partial charge in [-0.2, -0.15) is 0 Å². The molecule has 0 unspecified atom stereocenters. The number of hydrogen-bond acceptors (Lipinski definition) is 2. The zero-order valence-electron chi connectivity index (χ0n) is 7.32. The summed E-state index contributed by atoms with van der Waals surface area (Å²) >= 11 is 0. The Hall–Kier alpha value is -1.77. The molecule has 0 aliphatic rings. The molecule has 2 N–H and O–H groups in total. The number of benzene rings is 1. The summed E-state index contributed by atoms with van der Waals surface area (Å²) in [5.41, 5.74) is 1.83. The van der Waals surface area contributed by atoms with Crippen LogP contribution in [0.25, 0.3) is 6.08 Å². The van der Waals surface area contributed by atoms with Crippen molar-refractivity contribution in [3.05, 3.63) is 35.9 Å². The number of aliphatic carboxylic acids is 1. The van der Waals surface area contributed by atoms with Crippen LogP contribution in [0.3, 0.4) is 0 Å². The molecule has 0 aromatic heterocycles. The normalized spacial score (nSPS) is 10.2. The number of nitrogens with one attached hydrogen (secondary N) is 1. The van der Waals surface area contributed by atoms with Crippen molar-refractivity contribution in [1.82, 2.24) is 0 Å². The van der Waals surface area contributed by atoms with E-state index in [1.807, 2.05) is 31.3 Å². The van der Waals surface area contributed by atoms with E-state index < -0.39 is 5.97 Å². The molecule has 0 fully saturated rings. The fraction of sp³-hybridized carbons (Fsp3) is 0.100. The van der Waals surface area contributed by atoms with Gasteiger partial charge in [0.1, 0.15) is 0 Å². The zero-order chi connectivity index (χ0) is 9.68. The smallest absolute Gasteiger partial charge is 0.328 e. The molecule has 0 atom stereocenters. The molecule has 0 saturated carbocycles. The SMILES string of the molecule is CNc1cccc(C=CC(=O)O)c1. The molecule has 3 nitrogen and oxygen atoms in total. The van der Waals surface area contributed by atoms with Crippen LogP contribution in [0.1, 0.15) is 5.56 Å². The van der Waals surface area contributed by atoms with Crippen LogP contribution in [0.15, 0.2) is 30.3 Å². The molecule has 0 heterocycles. The Morgan fingerprint density at radius 1 is 1.54 bits per heavy atom. The lowest BCUT2D eigenvalue weighted by Gasteiger charge is -1.99. The maximum Gasteiger partial charge on any atom is 0.328 e. The maximum absolute atomic E-state index is 10.2. The molecule has 1 aromatic carbocycles. The second kappa shape index (κ2) is 4.30. The molecule has 0 saturated heterocycles. The molecule has 0 bridgehead atoms. The third-order valence-electron chi connectivity index (χ3n) is 1.59. The van der Waals surface area contributed by atoms with Crippen molar-refractivity contribution in [3.63, 3.8) is 0 Å². The summed E-state index contributed by atoms with van der Waals surface area (Å²) in [6, 6.07) is 7.51. The van der Waals surface area contributed by atoms with Crippen LogP contribution in [-0.2, 0) is 4.79 Å². The first-order chi connectivity index (χ1) is 6.22. The van der Waals surface area contributed by atoms with Gasteiger partial charge < -0.3 is 10.4 Å². The Kier molecular flexibility index (Phi) is 3.09. The number of carboxylic acid groups (broad SMARTS) is 1. The van der Waals surface area contributed by atoms with Crippen molar-refractivity contribution in [2.45, 2.75) is 0 Å². The standard InChI is InChI=1S/C10H11NO2/c1-11-9-4-2-3-8(7-9)5-6-10(12)13/h2-7,11H,1H3,(H,12,13). The van der Waals surface area contributed by atoms with Gasteiger partial charge in [-0.05, 0) is 23.8 Å². The van der Waals surface area contributed by atoms with E-state index in [1.165, 1.54) is 0 Å². The van der Waals surface area contributed by atoms with Crippen molar-refractivity contribution in [2.24, 2.45) is 0 Å². The van der Waals surface area contributed by atoms with Crippen LogP contribution in [0.5, 0.6) is 0 Å². The Morgan fingerprint density at radius 3 is 2.92 bits per heavy atom. The number of rotatable bonds is 3. The summed E-state index contributed by atoms with van der Waals surface area (Å²) in [6.45, 7) is 0. The van der Waals surface area contributed by atoms with Crippen LogP contribution >= 0.6 is 0 Å². The molecule has 13 heavy (non-hydrogen) atoms. The quantitative estimate of drug-likeness (QED) is 0.692. The van der Waals surface area contributed by atoms with Crippen LogP contribution in [0.2, 0.25) is 0 Å². The van der Waals surface area contributed by atoms with Gasteiger partial charge in [-0.15, -0.1) is 0 Å². The lowest BCUT2D eigenvalue weighted by molar-refractivity contribution is -0.131. The topological polar surface area (TPSA) is 49.3 Å². The van der Waals surface area contributed by atoms with Crippen molar-refractivity contribution >= 4 is 17.7 Å². The van der Waals surface area contributed by atoms with Crippen LogP contribution in [0, 0.1) is 0 Å². The molecular weight excluding hydrogens is 166 g/mol. The van der Waals surface area contributed by atoms with E-state index in [0.717, 1.165) is 17.3 Å². The van der Waals surface area contributed by atoms with Crippen molar-refractivity contribution in [3.8, 4) is 0 Å². The van der Waals surface area contributed by atoms with E-state index in [0.29, 0.717) is 0 Å². The molecule has 0 radical (unpaired) electrons. The first-order valence-electron chi connectivity index (χ1n) is 3.91. The number of carbonyl (C=O) groups is 1. The monoisotopic (exact) mass is 177 g/mol. The Bertz CT molecular complexity index is 331. The lowest BCUT2D eigenvalue weighted by Crippen LogP contribution is -1.88. The zero-order valence-corrected chi connectivity index (χ0v) is 7.32. The van der Waals surface area contributed by atoms with Gasteiger partial charge in [0.05, 0.1) is 0 Å². The first kappa shape index (κ1) is 9.32. The molecule has 0 aliphatic heterocycles. The number of carboxylic acids is 1. The molecule has 0 amide bonds. The van der Waals surface area contributed by atoms with Gasteiger partial charge in [-0.3, -0.25) is 0 Å². The van der Waals surface area contributed by atoms with E-state index in [-0.39, 0.29) is 0 Å². The fourth-order valence-electron chi connectivity index (χ4n) is 0.965. The molecule has 0 spiro atoms. The average molecular weight is 177 g/mol. The Balaban J connectivity index is 2.83. The summed E-state index contributed by atoms with van der Waals surface area (Å²) < 4.78 is 0. The highest BCUT2D eigenvalue weighted by Gasteiger charge is 1.91. The van der Waals surface area contributed by atoms with Crippen molar-refractivity contribution in [2.75, 3.05) is 12.4 Å². The minimum Gasteiger partial charge on any atom is -0.478 e. The predicted molar refractivity (Wildman–Crippen MR) is 52.7 cm³/mol. The minimum absolute atomic E-state index is 0.870. The third kappa shape index (κ3) is 2.99. The Labute approximate surface area is 76.7 Å². The fourth-order valence-corrected chi connectivity index (χ4v) is 0.965. The number of hydrogen-bond donors (Lipinski definition) is 2. The summed E-state index contributed by atoms with van der Waals surface area (Å²) in [6.07, 6.45) is 2.68. The second-order valence-electron chi connectivity index (χ2n) is 2.55. The van der Waals surface area contributed by atoms with Crippen LogP contribution in [-0.4, -0.2) is 18.1 Å². The molecule has 3 heteroatoms. The highest BCUT2D eigenvalue weighted by molar-refractivity contribution is 5.85. The molecular formula is C10H11NO2. The van der Waals surface area contributed by atoms with E-state index in [2.05, 4.69) is 5.32 Å². The van der Waals surface area contributed by atoms with Crippen molar-refractivity contribution in [1.29, 1.82) is 0 Å². The van der Waals surface area contributed by atoms with E-state index in [1.54, 1.807) is 6.08 Å². The summed E-state index contributed by atoms with van der Waals surface area (Å²) in [5, 5.41) is 11.4. The number of anilines is 1. The second-order valence-corrected chi connectivity index (χ2v) is 2.55. The van der Waals surface area contributed by atoms with Gasteiger partial charge >= 0.3 is 5.97 Å². The van der Waals surface area contributed by atoms with E-state index in [9.17, 15) is 4.79 Å². The van der Waals surface area contributed by atoms with Crippen LogP contribution in [0.4, 0.5) is 5.69 Å². The Morgan fingerprint density at radius 2 is 2.31 bits per heavy atom. The van der Waals surface area contributed by atoms with E-state index >= 15 is 0 Å². The highest BCUT2D eigenvalue weighted by atomic mass is 16.4.